The SMILES string of the molecule is CC(C)C(NC(=O)CCc1ccccc1)P(=O)(O)O[C@H](CCCCN)C(=O)O.[HH]. The maximum absolute atomic E-state index is 12.7. The van der Waals surface area contributed by atoms with Crippen molar-refractivity contribution in [1.82, 2.24) is 5.32 Å². The summed E-state index contributed by atoms with van der Waals surface area (Å²) in [5, 5.41) is 11.8. The average Bonchev–Trinajstić information content (AvgIpc) is 2.64. The van der Waals surface area contributed by atoms with Crippen molar-refractivity contribution in [2.45, 2.75) is 57.8 Å². The van der Waals surface area contributed by atoms with E-state index in [1.165, 1.54) is 0 Å². The van der Waals surface area contributed by atoms with Gasteiger partial charge in [0.25, 0.3) is 0 Å². The van der Waals surface area contributed by atoms with Crippen molar-refractivity contribution in [2.24, 2.45) is 11.7 Å². The molecule has 0 spiro atoms. The smallest absolute Gasteiger partial charge is 0.351 e. The monoisotopic (exact) mass is 416 g/mol. The first kappa shape index (κ1) is 24.3. The van der Waals surface area contributed by atoms with Crippen LogP contribution in [0.25, 0.3) is 0 Å². The molecular formula is C19H33N2O6P. The van der Waals surface area contributed by atoms with Gasteiger partial charge in [-0.05, 0) is 43.7 Å². The van der Waals surface area contributed by atoms with E-state index in [-0.39, 0.29) is 14.3 Å². The maximum atomic E-state index is 12.7. The number of rotatable bonds is 13. The molecule has 5 N–H and O–H groups in total. The molecule has 0 fully saturated rings. The van der Waals surface area contributed by atoms with Crippen molar-refractivity contribution in [1.29, 1.82) is 0 Å². The number of hydrogen-bond donors (Lipinski definition) is 4. The molecule has 1 amide bonds. The molecule has 0 bridgehead atoms. The van der Waals surface area contributed by atoms with Crippen LogP contribution in [0.1, 0.15) is 46.5 Å². The molecule has 160 valence electrons. The summed E-state index contributed by atoms with van der Waals surface area (Å²) in [4.78, 5) is 34.0. The van der Waals surface area contributed by atoms with Gasteiger partial charge in [-0.1, -0.05) is 44.2 Å². The van der Waals surface area contributed by atoms with Gasteiger partial charge < -0.3 is 21.1 Å². The zero-order valence-electron chi connectivity index (χ0n) is 16.4. The highest BCUT2D eigenvalue weighted by molar-refractivity contribution is 7.53. The van der Waals surface area contributed by atoms with Gasteiger partial charge >= 0.3 is 13.6 Å². The number of aryl methyl sites for hydroxylation is 1. The van der Waals surface area contributed by atoms with Crippen LogP contribution >= 0.6 is 7.60 Å². The van der Waals surface area contributed by atoms with E-state index in [1.54, 1.807) is 13.8 Å². The molecular weight excluding hydrogens is 383 g/mol. The summed E-state index contributed by atoms with van der Waals surface area (Å²) in [6.45, 7) is 3.73. The molecule has 28 heavy (non-hydrogen) atoms. The Balaban J connectivity index is 0.00000784. The van der Waals surface area contributed by atoms with Gasteiger partial charge in [0.05, 0.1) is 0 Å². The van der Waals surface area contributed by atoms with Crippen molar-refractivity contribution in [3.63, 3.8) is 0 Å². The van der Waals surface area contributed by atoms with E-state index in [1.807, 2.05) is 30.3 Å². The van der Waals surface area contributed by atoms with Crippen molar-refractivity contribution < 1.29 is 30.1 Å². The number of nitrogens with one attached hydrogen (secondary N) is 1. The number of amides is 1. The Hall–Kier alpha value is -1.73. The molecule has 1 aromatic carbocycles. The molecule has 0 aliphatic rings. The van der Waals surface area contributed by atoms with Crippen LogP contribution in [0.5, 0.6) is 0 Å². The molecule has 9 heteroatoms. The highest BCUT2D eigenvalue weighted by Crippen LogP contribution is 2.50. The lowest BCUT2D eigenvalue weighted by atomic mass is 10.1. The van der Waals surface area contributed by atoms with E-state index in [0.717, 1.165) is 5.56 Å². The fourth-order valence-corrected chi connectivity index (χ4v) is 4.46. The van der Waals surface area contributed by atoms with Gasteiger partial charge in [0.1, 0.15) is 5.78 Å². The summed E-state index contributed by atoms with van der Waals surface area (Å²) in [6.07, 6.45) is 0.335. The highest BCUT2D eigenvalue weighted by Gasteiger charge is 2.40. The van der Waals surface area contributed by atoms with Crippen LogP contribution in [-0.2, 0) is 25.1 Å². The van der Waals surface area contributed by atoms with Crippen LogP contribution in [0.4, 0.5) is 0 Å². The van der Waals surface area contributed by atoms with E-state index in [4.69, 9.17) is 10.3 Å². The zero-order chi connectivity index (χ0) is 21.2. The summed E-state index contributed by atoms with van der Waals surface area (Å²) in [6, 6.07) is 9.41. The Morgan fingerprint density at radius 3 is 2.43 bits per heavy atom. The lowest BCUT2D eigenvalue weighted by Gasteiger charge is -2.28. The van der Waals surface area contributed by atoms with Crippen LogP contribution in [0, 0.1) is 5.92 Å². The maximum Gasteiger partial charge on any atom is 0.351 e. The van der Waals surface area contributed by atoms with E-state index >= 15 is 0 Å². The van der Waals surface area contributed by atoms with E-state index in [2.05, 4.69) is 5.32 Å². The lowest BCUT2D eigenvalue weighted by molar-refractivity contribution is -0.145. The molecule has 0 aromatic heterocycles. The Labute approximate surface area is 167 Å². The number of carboxylic acid groups (broad SMARTS) is 1. The van der Waals surface area contributed by atoms with E-state index in [9.17, 15) is 24.2 Å². The van der Waals surface area contributed by atoms with Gasteiger partial charge in [0, 0.05) is 7.85 Å². The van der Waals surface area contributed by atoms with Gasteiger partial charge in [-0.25, -0.2) is 4.79 Å². The predicted octanol–water partition coefficient (Wildman–Crippen LogP) is 2.75. The van der Waals surface area contributed by atoms with Crippen molar-refractivity contribution in [3.8, 4) is 0 Å². The topological polar surface area (TPSA) is 139 Å². The van der Waals surface area contributed by atoms with Crippen molar-refractivity contribution >= 4 is 19.5 Å². The molecule has 1 aromatic rings. The molecule has 0 saturated heterocycles. The number of aliphatic carboxylic acids is 1. The Morgan fingerprint density at radius 1 is 1.25 bits per heavy atom. The third-order valence-electron chi connectivity index (χ3n) is 4.25. The lowest BCUT2D eigenvalue weighted by Crippen LogP contribution is -2.40. The first-order chi connectivity index (χ1) is 13.2. The number of unbranched alkanes of at least 4 members (excludes halogenated alkanes) is 1. The van der Waals surface area contributed by atoms with Crippen LogP contribution < -0.4 is 11.1 Å². The number of carboxylic acids is 1. The van der Waals surface area contributed by atoms with Gasteiger partial charge in [-0.15, -0.1) is 0 Å². The molecule has 2 unspecified atom stereocenters. The second kappa shape index (κ2) is 12.0. The Bertz CT molecular complexity index is 674. The second-order valence-electron chi connectivity index (χ2n) is 7.02. The third kappa shape index (κ3) is 8.52. The van der Waals surface area contributed by atoms with Gasteiger partial charge in [0.2, 0.25) is 5.91 Å². The summed E-state index contributed by atoms with van der Waals surface area (Å²) in [7, 11) is -4.41. The van der Waals surface area contributed by atoms with Crippen LogP contribution in [0.15, 0.2) is 30.3 Å². The molecule has 3 atom stereocenters. The highest BCUT2D eigenvalue weighted by atomic mass is 31.2. The Kier molecular flexibility index (Phi) is 10.4. The standard InChI is InChI=1S/C19H31N2O6P.H2/c1-14(2)18(21-17(22)12-11-15-8-4-3-5-9-15)28(25,26)27-16(19(23)24)10-6-7-13-20;/h3-5,8-9,14,16,18H,6-7,10-13,20H2,1-2H3,(H,21,22)(H,23,24)(H,25,26);1H/t16-,18?;/m1./s1. The summed E-state index contributed by atoms with van der Waals surface area (Å²) >= 11 is 0. The van der Waals surface area contributed by atoms with Gasteiger partial charge in [-0.3, -0.25) is 13.9 Å². The minimum atomic E-state index is -4.41. The number of hydrogen-bond acceptors (Lipinski definition) is 5. The first-order valence-corrected chi connectivity index (χ1v) is 11.1. The zero-order valence-corrected chi connectivity index (χ0v) is 17.3. The number of nitrogens with two attached hydrogens (primary N) is 1. The summed E-state index contributed by atoms with van der Waals surface area (Å²) in [5.74, 6) is -3.32. The minimum absolute atomic E-state index is 0. The van der Waals surface area contributed by atoms with Crippen LogP contribution in [-0.4, -0.2) is 40.3 Å². The third-order valence-corrected chi connectivity index (χ3v) is 6.23. The normalized spacial score (nSPS) is 15.6. The van der Waals surface area contributed by atoms with E-state index < -0.39 is 37.3 Å². The number of benzene rings is 1. The minimum Gasteiger partial charge on any atom is -0.479 e. The first-order valence-electron chi connectivity index (χ1n) is 9.44. The predicted molar refractivity (Wildman–Crippen MR) is 109 cm³/mol. The fourth-order valence-electron chi connectivity index (χ4n) is 2.71. The second-order valence-corrected chi connectivity index (χ2v) is 8.92. The average molecular weight is 416 g/mol. The molecule has 0 radical (unpaired) electrons. The fraction of sp³-hybridized carbons (Fsp3) is 0.579. The van der Waals surface area contributed by atoms with Crippen molar-refractivity contribution in [2.75, 3.05) is 6.54 Å². The molecule has 8 nitrogen and oxygen atoms in total. The molecule has 0 saturated carbocycles. The quantitative estimate of drug-likeness (QED) is 0.286. The largest absolute Gasteiger partial charge is 0.479 e. The van der Waals surface area contributed by atoms with Crippen LogP contribution in [0.2, 0.25) is 0 Å². The van der Waals surface area contributed by atoms with Gasteiger partial charge in [-0.2, -0.15) is 0 Å². The molecule has 0 heterocycles. The van der Waals surface area contributed by atoms with Crippen LogP contribution in [0.3, 0.4) is 0 Å². The van der Waals surface area contributed by atoms with Crippen molar-refractivity contribution in [3.05, 3.63) is 35.9 Å². The molecule has 1 rings (SSSR count). The molecule has 0 aliphatic carbocycles. The number of carbonyl (C=O) groups is 2. The Morgan fingerprint density at radius 2 is 1.89 bits per heavy atom. The summed E-state index contributed by atoms with van der Waals surface area (Å²) in [5.41, 5.74) is 6.37. The number of carbonyl (C=O) groups excluding carboxylic acids is 1. The summed E-state index contributed by atoms with van der Waals surface area (Å²) < 4.78 is 17.8. The molecule has 0 aliphatic heterocycles. The van der Waals surface area contributed by atoms with E-state index in [0.29, 0.717) is 25.8 Å². The van der Waals surface area contributed by atoms with Gasteiger partial charge in [0.15, 0.2) is 6.10 Å².